The maximum atomic E-state index is 12.9. The van der Waals surface area contributed by atoms with Crippen LogP contribution in [0.1, 0.15) is 33.6 Å². The predicted molar refractivity (Wildman–Crippen MR) is 113 cm³/mol. The lowest BCUT2D eigenvalue weighted by atomic mass is 9.85. The van der Waals surface area contributed by atoms with Crippen molar-refractivity contribution >= 4 is 45.2 Å². The van der Waals surface area contributed by atoms with Gasteiger partial charge in [-0.25, -0.2) is 9.69 Å². The Kier molecular flexibility index (Phi) is 5.63. The number of carbonyl (C=O) groups excluding carboxylic acids is 4. The Balaban J connectivity index is 1.52. The number of hydrogen-bond acceptors (Lipinski definition) is 5. The predicted octanol–water partition coefficient (Wildman–Crippen LogP) is 3.94. The van der Waals surface area contributed by atoms with Gasteiger partial charge in [-0.1, -0.05) is 52.3 Å². The summed E-state index contributed by atoms with van der Waals surface area (Å²) in [6, 6.07) is 13.0. The number of esters is 1. The van der Waals surface area contributed by atoms with E-state index in [1.165, 1.54) is 6.07 Å². The van der Waals surface area contributed by atoms with Gasteiger partial charge in [0.25, 0.3) is 0 Å². The molecule has 152 valence electrons. The molecule has 2 aromatic carbocycles. The zero-order valence-corrected chi connectivity index (χ0v) is 17.5. The van der Waals surface area contributed by atoms with E-state index in [0.717, 1.165) is 9.37 Å². The van der Waals surface area contributed by atoms with Crippen molar-refractivity contribution in [3.63, 3.8) is 0 Å². The highest BCUT2D eigenvalue weighted by Gasteiger charge is 2.48. The van der Waals surface area contributed by atoms with Crippen LogP contribution in [0, 0.1) is 11.8 Å². The molecule has 2 atom stereocenters. The van der Waals surface area contributed by atoms with Gasteiger partial charge in [-0.15, -0.1) is 0 Å². The number of amides is 2. The van der Waals surface area contributed by atoms with Crippen molar-refractivity contribution in [2.45, 2.75) is 12.8 Å². The largest absolute Gasteiger partial charge is 0.454 e. The fraction of sp³-hybridized carbons (Fsp3) is 0.217. The topological polar surface area (TPSA) is 80.8 Å². The maximum Gasteiger partial charge on any atom is 0.340 e. The standard InChI is InChI=1S/C23H18BrNO5/c24-15-11-9-14(10-12-15)20(26)13-30-23(29)18-7-3-4-8-19(18)25-21(27)16-5-1-2-6-17(16)22(25)28/h1-4,7-12,16-17H,5-6,13H2/t16-,17+. The van der Waals surface area contributed by atoms with Gasteiger partial charge in [-0.05, 0) is 37.1 Å². The van der Waals surface area contributed by atoms with Crippen LogP contribution in [0.25, 0.3) is 0 Å². The van der Waals surface area contributed by atoms with Crippen molar-refractivity contribution in [2.75, 3.05) is 11.5 Å². The number of hydrogen-bond donors (Lipinski definition) is 0. The van der Waals surface area contributed by atoms with E-state index in [9.17, 15) is 19.2 Å². The van der Waals surface area contributed by atoms with Gasteiger partial charge in [0.05, 0.1) is 23.1 Å². The van der Waals surface area contributed by atoms with Gasteiger partial charge in [0.1, 0.15) is 0 Å². The minimum atomic E-state index is -0.760. The number of allylic oxidation sites excluding steroid dienone is 2. The third-order valence-corrected chi connectivity index (χ3v) is 5.90. The average molecular weight is 468 g/mol. The van der Waals surface area contributed by atoms with Crippen LogP contribution < -0.4 is 4.90 Å². The van der Waals surface area contributed by atoms with Crippen molar-refractivity contribution in [1.29, 1.82) is 0 Å². The van der Waals surface area contributed by atoms with Crippen LogP contribution in [0.2, 0.25) is 0 Å². The second kappa shape index (κ2) is 8.36. The number of para-hydroxylation sites is 1. The first-order chi connectivity index (χ1) is 14.5. The molecule has 0 radical (unpaired) electrons. The summed E-state index contributed by atoms with van der Waals surface area (Å²) in [6.07, 6.45) is 4.84. The molecule has 1 saturated heterocycles. The molecule has 0 unspecified atom stereocenters. The normalized spacial score (nSPS) is 20.2. The van der Waals surface area contributed by atoms with E-state index in [0.29, 0.717) is 18.4 Å². The van der Waals surface area contributed by atoms with Crippen LogP contribution in [0.15, 0.2) is 65.2 Å². The van der Waals surface area contributed by atoms with Crippen LogP contribution in [0.4, 0.5) is 5.69 Å². The van der Waals surface area contributed by atoms with Gasteiger partial charge in [0, 0.05) is 10.0 Å². The third-order valence-electron chi connectivity index (χ3n) is 5.37. The number of carbonyl (C=O) groups is 4. The molecular weight excluding hydrogens is 450 g/mol. The summed E-state index contributed by atoms with van der Waals surface area (Å²) in [5.41, 5.74) is 0.693. The first-order valence-corrected chi connectivity index (χ1v) is 10.3. The maximum absolute atomic E-state index is 12.9. The molecule has 1 aliphatic heterocycles. The molecule has 6 nitrogen and oxygen atoms in total. The molecule has 1 fully saturated rings. The molecule has 1 aliphatic carbocycles. The second-order valence-corrected chi connectivity index (χ2v) is 8.11. The van der Waals surface area contributed by atoms with E-state index in [1.54, 1.807) is 42.5 Å². The Labute approximate surface area is 181 Å². The molecule has 0 N–H and O–H groups in total. The Morgan fingerprint density at radius 3 is 2.17 bits per heavy atom. The molecule has 7 heteroatoms. The van der Waals surface area contributed by atoms with E-state index in [1.807, 2.05) is 12.2 Å². The number of benzene rings is 2. The highest BCUT2D eigenvalue weighted by Crippen LogP contribution is 2.38. The summed E-state index contributed by atoms with van der Waals surface area (Å²) in [5.74, 6) is -2.51. The summed E-state index contributed by atoms with van der Waals surface area (Å²) in [5, 5.41) is 0. The lowest BCUT2D eigenvalue weighted by Gasteiger charge is -2.18. The smallest absolute Gasteiger partial charge is 0.340 e. The minimum absolute atomic E-state index is 0.0782. The fourth-order valence-corrected chi connectivity index (χ4v) is 4.07. The molecule has 0 spiro atoms. The number of fused-ring (bicyclic) bond motifs is 1. The highest BCUT2D eigenvalue weighted by molar-refractivity contribution is 9.10. The van der Waals surface area contributed by atoms with Gasteiger partial charge in [-0.2, -0.15) is 0 Å². The summed E-state index contributed by atoms with van der Waals surface area (Å²) in [7, 11) is 0. The Bertz CT molecular complexity index is 1030. The number of rotatable bonds is 5. The number of nitrogens with zero attached hydrogens (tertiary/aromatic N) is 1. The minimum Gasteiger partial charge on any atom is -0.454 e. The molecule has 0 saturated carbocycles. The second-order valence-electron chi connectivity index (χ2n) is 7.19. The Morgan fingerprint density at radius 1 is 0.933 bits per heavy atom. The average Bonchev–Trinajstić information content (AvgIpc) is 3.02. The summed E-state index contributed by atoms with van der Waals surface area (Å²) >= 11 is 3.30. The summed E-state index contributed by atoms with van der Waals surface area (Å²) in [6.45, 7) is -0.439. The van der Waals surface area contributed by atoms with E-state index >= 15 is 0 Å². The quantitative estimate of drug-likeness (QED) is 0.288. The van der Waals surface area contributed by atoms with Crippen LogP contribution in [0.5, 0.6) is 0 Å². The molecule has 2 amide bonds. The Morgan fingerprint density at radius 2 is 1.53 bits per heavy atom. The molecule has 0 bridgehead atoms. The van der Waals surface area contributed by atoms with Gasteiger partial charge in [0.2, 0.25) is 11.8 Å². The zero-order valence-electron chi connectivity index (χ0n) is 15.9. The molecule has 1 heterocycles. The van der Waals surface area contributed by atoms with Crippen LogP contribution in [0.3, 0.4) is 0 Å². The van der Waals surface area contributed by atoms with Crippen LogP contribution >= 0.6 is 15.9 Å². The van der Waals surface area contributed by atoms with E-state index in [2.05, 4.69) is 15.9 Å². The van der Waals surface area contributed by atoms with Crippen molar-refractivity contribution in [2.24, 2.45) is 11.8 Å². The first kappa shape index (κ1) is 20.2. The molecule has 4 rings (SSSR count). The van der Waals surface area contributed by atoms with Gasteiger partial charge < -0.3 is 4.74 Å². The SMILES string of the molecule is O=C(COC(=O)c1ccccc1N1C(=O)[C@H]2CC=CC[C@H]2C1=O)c1ccc(Br)cc1. The van der Waals surface area contributed by atoms with Crippen molar-refractivity contribution in [3.05, 3.63) is 76.3 Å². The summed E-state index contributed by atoms with van der Waals surface area (Å²) in [4.78, 5) is 51.8. The number of ether oxygens (including phenoxy) is 1. The van der Waals surface area contributed by atoms with Crippen molar-refractivity contribution in [3.8, 4) is 0 Å². The molecule has 0 aromatic heterocycles. The number of Topliss-reactive ketones (excluding diaryl/α,β-unsaturated/α-hetero) is 1. The van der Waals surface area contributed by atoms with E-state index in [-0.39, 0.29) is 28.8 Å². The fourth-order valence-electron chi connectivity index (χ4n) is 3.81. The number of halogens is 1. The highest BCUT2D eigenvalue weighted by atomic mass is 79.9. The van der Waals surface area contributed by atoms with Crippen LogP contribution in [-0.2, 0) is 14.3 Å². The number of ketones is 1. The van der Waals surface area contributed by atoms with Crippen LogP contribution in [-0.4, -0.2) is 30.2 Å². The lowest BCUT2D eigenvalue weighted by molar-refractivity contribution is -0.122. The Hall–Kier alpha value is -3.06. The number of anilines is 1. The van der Waals surface area contributed by atoms with Crippen molar-refractivity contribution in [1.82, 2.24) is 0 Å². The van der Waals surface area contributed by atoms with Gasteiger partial charge >= 0.3 is 5.97 Å². The van der Waals surface area contributed by atoms with Crippen molar-refractivity contribution < 1.29 is 23.9 Å². The number of imide groups is 1. The monoisotopic (exact) mass is 467 g/mol. The third kappa shape index (κ3) is 3.73. The lowest BCUT2D eigenvalue weighted by Crippen LogP contribution is -2.32. The van der Waals surface area contributed by atoms with E-state index < -0.39 is 24.4 Å². The van der Waals surface area contributed by atoms with Gasteiger partial charge in [-0.3, -0.25) is 14.4 Å². The molecule has 2 aromatic rings. The van der Waals surface area contributed by atoms with E-state index in [4.69, 9.17) is 4.74 Å². The summed E-state index contributed by atoms with van der Waals surface area (Å²) < 4.78 is 6.04. The molecule has 30 heavy (non-hydrogen) atoms. The molecular formula is C23H18BrNO5. The molecule has 2 aliphatic rings. The first-order valence-electron chi connectivity index (χ1n) is 9.55. The zero-order chi connectivity index (χ0) is 21.3. The van der Waals surface area contributed by atoms with Gasteiger partial charge in [0.15, 0.2) is 12.4 Å².